The second-order valence-corrected chi connectivity index (χ2v) is 5.30. The van der Waals surface area contributed by atoms with Crippen molar-refractivity contribution in [1.82, 2.24) is 9.97 Å². The molecule has 0 aliphatic rings. The van der Waals surface area contributed by atoms with E-state index in [4.69, 9.17) is 0 Å². The molecule has 19 heavy (non-hydrogen) atoms. The van der Waals surface area contributed by atoms with Crippen molar-refractivity contribution in [2.75, 3.05) is 0 Å². The summed E-state index contributed by atoms with van der Waals surface area (Å²) < 4.78 is 1.15. The Morgan fingerprint density at radius 2 is 1.74 bits per heavy atom. The maximum Gasteiger partial charge on any atom is 0.116 e. The van der Waals surface area contributed by atoms with Gasteiger partial charge in [-0.1, -0.05) is 42.5 Å². The number of nitrogens with zero attached hydrogens (tertiary/aromatic N) is 2. The van der Waals surface area contributed by atoms with Gasteiger partial charge in [0, 0.05) is 5.56 Å². The first-order valence-electron chi connectivity index (χ1n) is 6.10. The van der Waals surface area contributed by atoms with E-state index in [0.717, 1.165) is 15.9 Å². The van der Waals surface area contributed by atoms with Crippen molar-refractivity contribution in [3.8, 4) is 11.3 Å². The summed E-state index contributed by atoms with van der Waals surface area (Å²) in [4.78, 5) is 8.81. The normalized spacial score (nSPS) is 11.2. The van der Waals surface area contributed by atoms with Gasteiger partial charge in [0.2, 0.25) is 0 Å². The first-order valence-corrected chi connectivity index (χ1v) is 6.98. The van der Waals surface area contributed by atoms with Crippen LogP contribution in [0.1, 0.15) is 0 Å². The molecule has 90 valence electrons. The van der Waals surface area contributed by atoms with Gasteiger partial charge in [-0.15, -0.1) is 11.3 Å². The molecule has 4 rings (SSSR count). The monoisotopic (exact) mass is 262 g/mol. The Morgan fingerprint density at radius 1 is 0.842 bits per heavy atom. The maximum atomic E-state index is 4.50. The molecular formula is C16H10N2S. The average Bonchev–Trinajstić information content (AvgIpc) is 2.95. The maximum absolute atomic E-state index is 4.50. The Kier molecular flexibility index (Phi) is 2.32. The standard InChI is InChI=1S/C16H10N2S/c1-2-6-12-11(4-1)5-3-7-13(12)15-16-14(8-9-19-16)17-10-18-15/h1-10H. The Bertz CT molecular complexity index is 875. The zero-order chi connectivity index (χ0) is 12.7. The lowest BCUT2D eigenvalue weighted by molar-refractivity contribution is 1.23. The summed E-state index contributed by atoms with van der Waals surface area (Å²) in [5, 5.41) is 4.54. The van der Waals surface area contributed by atoms with Crippen molar-refractivity contribution in [2.24, 2.45) is 0 Å². The summed E-state index contributed by atoms with van der Waals surface area (Å²) in [5.74, 6) is 0. The number of thiophene rings is 1. The van der Waals surface area contributed by atoms with Crippen LogP contribution in [0.15, 0.2) is 60.2 Å². The van der Waals surface area contributed by atoms with Crippen molar-refractivity contribution < 1.29 is 0 Å². The van der Waals surface area contributed by atoms with Gasteiger partial charge in [-0.25, -0.2) is 9.97 Å². The molecule has 0 bridgehead atoms. The Hall–Kier alpha value is -2.26. The van der Waals surface area contributed by atoms with E-state index in [1.165, 1.54) is 16.3 Å². The number of fused-ring (bicyclic) bond motifs is 2. The second kappa shape index (κ2) is 4.14. The molecule has 0 N–H and O–H groups in total. The summed E-state index contributed by atoms with van der Waals surface area (Å²) in [6.45, 7) is 0. The summed E-state index contributed by atoms with van der Waals surface area (Å²) in [6.07, 6.45) is 1.64. The molecule has 0 amide bonds. The molecule has 0 aliphatic heterocycles. The van der Waals surface area contributed by atoms with Crippen molar-refractivity contribution in [1.29, 1.82) is 0 Å². The SMILES string of the molecule is c1ccc2c(-c3ncnc4ccsc34)cccc2c1. The van der Waals surface area contributed by atoms with Gasteiger partial charge in [0.1, 0.15) is 6.33 Å². The zero-order valence-corrected chi connectivity index (χ0v) is 10.9. The highest BCUT2D eigenvalue weighted by Crippen LogP contribution is 2.33. The topological polar surface area (TPSA) is 25.8 Å². The van der Waals surface area contributed by atoms with Crippen LogP contribution in [-0.4, -0.2) is 9.97 Å². The Balaban J connectivity index is 2.12. The van der Waals surface area contributed by atoms with Crippen LogP contribution >= 0.6 is 11.3 Å². The molecule has 4 aromatic rings. The lowest BCUT2D eigenvalue weighted by Gasteiger charge is -2.06. The second-order valence-electron chi connectivity index (χ2n) is 4.38. The van der Waals surface area contributed by atoms with Gasteiger partial charge in [0.25, 0.3) is 0 Å². The quantitative estimate of drug-likeness (QED) is 0.504. The van der Waals surface area contributed by atoms with Gasteiger partial charge in [-0.3, -0.25) is 0 Å². The van der Waals surface area contributed by atoms with Gasteiger partial charge >= 0.3 is 0 Å². The molecular weight excluding hydrogens is 252 g/mol. The summed E-state index contributed by atoms with van der Waals surface area (Å²) in [6, 6.07) is 16.8. The van der Waals surface area contributed by atoms with Crippen LogP contribution in [0, 0.1) is 0 Å². The van der Waals surface area contributed by atoms with Crippen LogP contribution in [0.2, 0.25) is 0 Å². The third-order valence-corrected chi connectivity index (χ3v) is 4.20. The van der Waals surface area contributed by atoms with Crippen LogP contribution in [0.4, 0.5) is 0 Å². The van der Waals surface area contributed by atoms with Gasteiger partial charge < -0.3 is 0 Å². The lowest BCUT2D eigenvalue weighted by atomic mass is 10.0. The van der Waals surface area contributed by atoms with E-state index in [1.807, 2.05) is 6.07 Å². The number of hydrogen-bond donors (Lipinski definition) is 0. The minimum absolute atomic E-state index is 1.02. The summed E-state index contributed by atoms with van der Waals surface area (Å²) in [5.41, 5.74) is 3.22. The number of rotatable bonds is 1. The molecule has 2 heterocycles. The van der Waals surface area contributed by atoms with Gasteiger partial charge in [-0.05, 0) is 22.2 Å². The van der Waals surface area contributed by atoms with E-state index in [2.05, 4.69) is 57.8 Å². The largest absolute Gasteiger partial charge is 0.235 e. The van der Waals surface area contributed by atoms with Crippen LogP contribution in [0.5, 0.6) is 0 Å². The molecule has 2 aromatic carbocycles. The Morgan fingerprint density at radius 3 is 2.74 bits per heavy atom. The van der Waals surface area contributed by atoms with Gasteiger partial charge in [0.05, 0.1) is 15.9 Å². The van der Waals surface area contributed by atoms with Crippen LogP contribution in [0.3, 0.4) is 0 Å². The molecule has 2 aromatic heterocycles. The fraction of sp³-hybridized carbons (Fsp3) is 0. The first-order chi connectivity index (χ1) is 9.43. The molecule has 0 atom stereocenters. The summed E-state index contributed by atoms with van der Waals surface area (Å²) >= 11 is 1.69. The van der Waals surface area contributed by atoms with E-state index < -0.39 is 0 Å². The van der Waals surface area contributed by atoms with Crippen LogP contribution < -0.4 is 0 Å². The van der Waals surface area contributed by atoms with E-state index in [1.54, 1.807) is 17.7 Å². The van der Waals surface area contributed by atoms with Crippen LogP contribution in [-0.2, 0) is 0 Å². The molecule has 0 saturated heterocycles. The summed E-state index contributed by atoms with van der Waals surface area (Å²) in [7, 11) is 0. The van der Waals surface area contributed by atoms with Gasteiger partial charge in [-0.2, -0.15) is 0 Å². The first kappa shape index (κ1) is 10.6. The Labute approximate surface area is 114 Å². The predicted molar refractivity (Wildman–Crippen MR) is 80.4 cm³/mol. The minimum Gasteiger partial charge on any atom is -0.235 e. The smallest absolute Gasteiger partial charge is 0.116 e. The third-order valence-electron chi connectivity index (χ3n) is 3.29. The molecule has 0 radical (unpaired) electrons. The molecule has 2 nitrogen and oxygen atoms in total. The van der Waals surface area contributed by atoms with Gasteiger partial charge in [0.15, 0.2) is 0 Å². The average molecular weight is 262 g/mol. The van der Waals surface area contributed by atoms with E-state index in [0.29, 0.717) is 0 Å². The fourth-order valence-corrected chi connectivity index (χ4v) is 3.26. The minimum atomic E-state index is 1.02. The third kappa shape index (κ3) is 1.63. The predicted octanol–water partition coefficient (Wildman–Crippen LogP) is 4.51. The number of hydrogen-bond acceptors (Lipinski definition) is 3. The molecule has 0 fully saturated rings. The fourth-order valence-electron chi connectivity index (χ4n) is 2.41. The van der Waals surface area contributed by atoms with Crippen molar-refractivity contribution in [3.63, 3.8) is 0 Å². The lowest BCUT2D eigenvalue weighted by Crippen LogP contribution is -1.87. The highest BCUT2D eigenvalue weighted by atomic mass is 32.1. The van der Waals surface area contributed by atoms with E-state index in [9.17, 15) is 0 Å². The highest BCUT2D eigenvalue weighted by molar-refractivity contribution is 7.17. The van der Waals surface area contributed by atoms with Crippen molar-refractivity contribution >= 4 is 32.3 Å². The molecule has 0 saturated carbocycles. The molecule has 0 unspecified atom stereocenters. The zero-order valence-electron chi connectivity index (χ0n) is 10.1. The highest BCUT2D eigenvalue weighted by Gasteiger charge is 2.10. The number of aromatic nitrogens is 2. The molecule has 0 spiro atoms. The van der Waals surface area contributed by atoms with Crippen LogP contribution in [0.25, 0.3) is 32.2 Å². The van der Waals surface area contributed by atoms with E-state index >= 15 is 0 Å². The molecule has 3 heteroatoms. The number of benzene rings is 2. The van der Waals surface area contributed by atoms with E-state index in [-0.39, 0.29) is 0 Å². The van der Waals surface area contributed by atoms with Crippen molar-refractivity contribution in [3.05, 3.63) is 60.2 Å². The molecule has 0 aliphatic carbocycles. The van der Waals surface area contributed by atoms with Crippen molar-refractivity contribution in [2.45, 2.75) is 0 Å².